The summed E-state index contributed by atoms with van der Waals surface area (Å²) in [5, 5.41) is 3.15. The molecule has 0 radical (unpaired) electrons. The Balaban J connectivity index is 1.94. The number of hydrogen-bond donors (Lipinski definition) is 0. The van der Waals surface area contributed by atoms with Crippen LogP contribution in [0.5, 0.6) is 0 Å². The summed E-state index contributed by atoms with van der Waals surface area (Å²) in [7, 11) is 0. The fraction of sp³-hybridized carbons (Fsp3) is 0.333. The lowest BCUT2D eigenvalue weighted by Gasteiger charge is -2.18. The van der Waals surface area contributed by atoms with Gasteiger partial charge in [-0.1, -0.05) is 12.1 Å². The zero-order chi connectivity index (χ0) is 15.8. The molecular weight excluding hydrogens is 324 g/mol. The summed E-state index contributed by atoms with van der Waals surface area (Å²) in [5.41, 5.74) is 3.64. The molecule has 3 nitrogen and oxygen atoms in total. The molecule has 2 aromatic rings. The number of fused-ring (bicyclic) bond motifs is 3. The second kappa shape index (κ2) is 6.06. The van der Waals surface area contributed by atoms with E-state index in [1.165, 1.54) is 28.8 Å². The third-order valence-corrected chi connectivity index (χ3v) is 6.57. The van der Waals surface area contributed by atoms with Gasteiger partial charge in [0.2, 0.25) is 5.91 Å². The van der Waals surface area contributed by atoms with Gasteiger partial charge < -0.3 is 0 Å². The van der Waals surface area contributed by atoms with Crippen LogP contribution >= 0.6 is 22.7 Å². The Morgan fingerprint density at radius 2 is 2.22 bits per heavy atom. The maximum atomic E-state index is 12.6. The fourth-order valence-electron chi connectivity index (χ4n) is 3.34. The molecule has 5 heteroatoms. The van der Waals surface area contributed by atoms with Crippen molar-refractivity contribution >= 4 is 39.3 Å². The van der Waals surface area contributed by atoms with Crippen molar-refractivity contribution in [2.45, 2.75) is 25.7 Å². The average Bonchev–Trinajstić information content (AvgIpc) is 3.19. The van der Waals surface area contributed by atoms with Gasteiger partial charge >= 0.3 is 0 Å². The average molecular weight is 342 g/mol. The quantitative estimate of drug-likeness (QED) is 0.774. The van der Waals surface area contributed by atoms with Crippen LogP contribution in [-0.4, -0.2) is 24.7 Å². The third kappa shape index (κ3) is 2.48. The largest absolute Gasteiger partial charge is 0.298 e. The summed E-state index contributed by atoms with van der Waals surface area (Å²) in [5.74, 6) is 0.0660. The Hall–Kier alpha value is -1.72. The maximum Gasteiger partial charge on any atom is 0.249 e. The van der Waals surface area contributed by atoms with Crippen LogP contribution in [0, 0.1) is 0 Å². The number of carbonyl (C=O) groups excluding carboxylic acids is 1. The zero-order valence-electron chi connectivity index (χ0n) is 12.9. The van der Waals surface area contributed by atoms with Crippen molar-refractivity contribution in [2.24, 2.45) is 4.99 Å². The number of rotatable bonds is 3. The second-order valence-corrected chi connectivity index (χ2v) is 7.86. The number of aryl methyl sites for hydroxylation is 1. The molecule has 0 aromatic carbocycles. The Labute approximate surface area is 144 Å². The van der Waals surface area contributed by atoms with E-state index in [0.29, 0.717) is 6.54 Å². The van der Waals surface area contributed by atoms with E-state index in [2.05, 4.69) is 24.1 Å². The van der Waals surface area contributed by atoms with Crippen LogP contribution in [0.2, 0.25) is 0 Å². The monoisotopic (exact) mass is 342 g/mol. The molecule has 118 valence electrons. The van der Waals surface area contributed by atoms with E-state index in [1.54, 1.807) is 28.7 Å². The summed E-state index contributed by atoms with van der Waals surface area (Å²) in [4.78, 5) is 21.8. The SMILES string of the molecule is C=CCN1C(=O)CN=C(c2cccs2)c2c1sc1c2CCCC1. The minimum absolute atomic E-state index is 0.0660. The molecule has 1 amide bonds. The van der Waals surface area contributed by atoms with Gasteiger partial charge in [-0.2, -0.15) is 0 Å². The number of nitrogens with zero attached hydrogens (tertiary/aromatic N) is 2. The van der Waals surface area contributed by atoms with E-state index >= 15 is 0 Å². The summed E-state index contributed by atoms with van der Waals surface area (Å²) < 4.78 is 0. The molecule has 0 unspecified atom stereocenters. The van der Waals surface area contributed by atoms with Crippen LogP contribution in [0.4, 0.5) is 5.00 Å². The van der Waals surface area contributed by atoms with Crippen molar-refractivity contribution in [1.29, 1.82) is 0 Å². The summed E-state index contributed by atoms with van der Waals surface area (Å²) in [6.07, 6.45) is 6.50. The van der Waals surface area contributed by atoms with Crippen LogP contribution in [0.1, 0.15) is 33.7 Å². The van der Waals surface area contributed by atoms with Crippen LogP contribution < -0.4 is 4.90 Å². The highest BCUT2D eigenvalue weighted by molar-refractivity contribution is 7.17. The van der Waals surface area contributed by atoms with Gasteiger partial charge in [0.05, 0.1) is 10.6 Å². The van der Waals surface area contributed by atoms with Crippen LogP contribution in [0.3, 0.4) is 0 Å². The van der Waals surface area contributed by atoms with Crippen LogP contribution in [0.15, 0.2) is 35.2 Å². The van der Waals surface area contributed by atoms with Crippen molar-refractivity contribution < 1.29 is 4.79 Å². The van der Waals surface area contributed by atoms with Gasteiger partial charge in [0, 0.05) is 17.0 Å². The van der Waals surface area contributed by atoms with E-state index in [4.69, 9.17) is 4.99 Å². The Bertz CT molecular complexity index is 786. The lowest BCUT2D eigenvalue weighted by atomic mass is 9.93. The van der Waals surface area contributed by atoms with Crippen molar-refractivity contribution in [1.82, 2.24) is 0 Å². The number of carbonyl (C=O) groups is 1. The molecule has 0 saturated heterocycles. The first-order chi connectivity index (χ1) is 11.3. The summed E-state index contributed by atoms with van der Waals surface area (Å²) in [6, 6.07) is 4.16. The molecule has 2 aromatic heterocycles. The molecular formula is C18H18N2OS2. The van der Waals surface area contributed by atoms with Gasteiger partial charge in [-0.15, -0.1) is 29.3 Å². The Kier molecular flexibility index (Phi) is 3.91. The molecule has 0 fully saturated rings. The minimum atomic E-state index is 0.0660. The van der Waals surface area contributed by atoms with E-state index in [0.717, 1.165) is 28.4 Å². The molecule has 0 N–H and O–H groups in total. The highest BCUT2D eigenvalue weighted by Gasteiger charge is 2.31. The van der Waals surface area contributed by atoms with Gasteiger partial charge in [-0.25, -0.2) is 0 Å². The molecule has 1 aliphatic heterocycles. The minimum Gasteiger partial charge on any atom is -0.298 e. The van der Waals surface area contributed by atoms with Gasteiger partial charge in [-0.3, -0.25) is 14.7 Å². The predicted molar refractivity (Wildman–Crippen MR) is 98.3 cm³/mol. The first-order valence-corrected chi connectivity index (χ1v) is 9.63. The number of amides is 1. The molecule has 0 bridgehead atoms. The number of hydrogen-bond acceptors (Lipinski definition) is 4. The van der Waals surface area contributed by atoms with Crippen molar-refractivity contribution in [3.05, 3.63) is 51.0 Å². The predicted octanol–water partition coefficient (Wildman–Crippen LogP) is 4.06. The standard InChI is InChI=1S/C18H18N2OS2/c1-2-9-20-15(21)11-19-17(14-8-5-10-22-14)16-12-6-3-4-7-13(12)23-18(16)20/h2,5,8,10H,1,3-4,6-7,9,11H2. The lowest BCUT2D eigenvalue weighted by molar-refractivity contribution is -0.117. The molecule has 3 heterocycles. The van der Waals surface area contributed by atoms with E-state index < -0.39 is 0 Å². The van der Waals surface area contributed by atoms with Gasteiger partial charge in [0.1, 0.15) is 11.5 Å². The molecule has 23 heavy (non-hydrogen) atoms. The topological polar surface area (TPSA) is 32.7 Å². The lowest BCUT2D eigenvalue weighted by Crippen LogP contribution is -2.31. The normalized spacial score (nSPS) is 17.3. The van der Waals surface area contributed by atoms with E-state index in [-0.39, 0.29) is 12.5 Å². The van der Waals surface area contributed by atoms with E-state index in [1.807, 2.05) is 4.90 Å². The molecule has 0 spiro atoms. The molecule has 4 rings (SSSR count). The smallest absolute Gasteiger partial charge is 0.249 e. The summed E-state index contributed by atoms with van der Waals surface area (Å²) >= 11 is 3.48. The third-order valence-electron chi connectivity index (χ3n) is 4.37. The van der Waals surface area contributed by atoms with Crippen molar-refractivity contribution in [2.75, 3.05) is 18.0 Å². The maximum absolute atomic E-state index is 12.6. The zero-order valence-corrected chi connectivity index (χ0v) is 14.5. The molecule has 0 atom stereocenters. The van der Waals surface area contributed by atoms with E-state index in [9.17, 15) is 4.79 Å². The molecule has 0 saturated carbocycles. The summed E-state index contributed by atoms with van der Waals surface area (Å²) in [6.45, 7) is 4.59. The Morgan fingerprint density at radius 3 is 3.00 bits per heavy atom. The molecule has 2 aliphatic rings. The van der Waals surface area contributed by atoms with Gasteiger partial charge in [0.15, 0.2) is 0 Å². The highest BCUT2D eigenvalue weighted by atomic mass is 32.1. The fourth-order valence-corrected chi connectivity index (χ4v) is 5.49. The van der Waals surface area contributed by atoms with Crippen molar-refractivity contribution in [3.8, 4) is 0 Å². The van der Waals surface area contributed by atoms with Crippen LogP contribution in [0.25, 0.3) is 0 Å². The number of anilines is 1. The molecule has 1 aliphatic carbocycles. The number of aliphatic imine (C=N–C) groups is 1. The first-order valence-electron chi connectivity index (χ1n) is 7.94. The van der Waals surface area contributed by atoms with Crippen LogP contribution in [-0.2, 0) is 17.6 Å². The number of thiophene rings is 2. The van der Waals surface area contributed by atoms with Gasteiger partial charge in [-0.05, 0) is 42.7 Å². The second-order valence-electron chi connectivity index (χ2n) is 5.83. The van der Waals surface area contributed by atoms with Gasteiger partial charge in [0.25, 0.3) is 0 Å². The first kappa shape index (κ1) is 14.8. The van der Waals surface area contributed by atoms with Crippen molar-refractivity contribution in [3.63, 3.8) is 0 Å². The highest BCUT2D eigenvalue weighted by Crippen LogP contribution is 2.43. The Morgan fingerprint density at radius 1 is 1.35 bits per heavy atom.